The van der Waals surface area contributed by atoms with Crippen LogP contribution in [0.15, 0.2) is 0 Å². The van der Waals surface area contributed by atoms with Crippen LogP contribution < -0.4 is 42.4 Å². The fourth-order valence-electron chi connectivity index (χ4n) is 0.525. The number of aliphatic hydroxyl groups excluding tert-OH is 2. The molecule has 2 N–H and O–H groups in total. The molecule has 1 aliphatic rings. The Morgan fingerprint density at radius 3 is 2.44 bits per heavy atom. The average molecular weight is 358 g/mol. The third-order valence-electron chi connectivity index (χ3n) is 0.904. The molecule has 1 fully saturated rings. The zero-order chi connectivity index (χ0) is 6.85. The van der Waals surface area contributed by atoms with Gasteiger partial charge < -0.3 is 0 Å². The van der Waals surface area contributed by atoms with Crippen molar-refractivity contribution >= 4 is 0 Å². The Bertz CT molecular complexity index is 99.8. The van der Waals surface area contributed by atoms with E-state index in [1.165, 1.54) is 0 Å². The zero-order valence-corrected chi connectivity index (χ0v) is 9.11. The SMILES string of the molecule is C[I-]C1[I-]C(O)OC1O. The molecule has 0 spiro atoms. The Hall–Kier alpha value is 1.34. The summed E-state index contributed by atoms with van der Waals surface area (Å²) in [7, 11) is 0. The first-order valence-corrected chi connectivity index (χ1v) is 8.25. The second-order valence-electron chi connectivity index (χ2n) is 1.50. The van der Waals surface area contributed by atoms with Gasteiger partial charge in [0.15, 0.2) is 0 Å². The topological polar surface area (TPSA) is 49.7 Å². The molecular formula is C4H8I2O3-2. The normalized spacial score (nSPS) is 45.0. The Labute approximate surface area is 74.3 Å². The Morgan fingerprint density at radius 1 is 1.56 bits per heavy atom. The maximum absolute atomic E-state index is 9.03. The van der Waals surface area contributed by atoms with Crippen molar-refractivity contribution in [3.63, 3.8) is 0 Å². The van der Waals surface area contributed by atoms with Gasteiger partial charge in [0.25, 0.3) is 0 Å². The first-order chi connectivity index (χ1) is 4.24. The van der Waals surface area contributed by atoms with Gasteiger partial charge in [-0.15, -0.1) is 0 Å². The van der Waals surface area contributed by atoms with Crippen LogP contribution in [0.25, 0.3) is 0 Å². The van der Waals surface area contributed by atoms with Gasteiger partial charge in [0.05, 0.1) is 0 Å². The van der Waals surface area contributed by atoms with Gasteiger partial charge >= 0.3 is 74.8 Å². The van der Waals surface area contributed by atoms with Crippen molar-refractivity contribution in [2.75, 3.05) is 4.93 Å². The van der Waals surface area contributed by atoms with Crippen LogP contribution in [0.2, 0.25) is 0 Å². The van der Waals surface area contributed by atoms with Crippen molar-refractivity contribution in [2.45, 2.75) is 12.5 Å². The Morgan fingerprint density at radius 2 is 2.22 bits per heavy atom. The summed E-state index contributed by atoms with van der Waals surface area (Å²) < 4.78 is 4.49. The van der Waals surface area contributed by atoms with Gasteiger partial charge in [-0.1, -0.05) is 0 Å². The van der Waals surface area contributed by atoms with Crippen molar-refractivity contribution in [3.8, 4) is 0 Å². The van der Waals surface area contributed by atoms with Crippen LogP contribution in [0.5, 0.6) is 0 Å². The second-order valence-corrected chi connectivity index (χ2v) is 9.60. The molecular weight excluding hydrogens is 350 g/mol. The van der Waals surface area contributed by atoms with Gasteiger partial charge in [-0.2, -0.15) is 0 Å². The van der Waals surface area contributed by atoms with Gasteiger partial charge in [0, 0.05) is 0 Å². The molecule has 1 aliphatic heterocycles. The summed E-state index contributed by atoms with van der Waals surface area (Å²) in [6.45, 7) is 0. The van der Waals surface area contributed by atoms with Crippen LogP contribution in [0.1, 0.15) is 0 Å². The van der Waals surface area contributed by atoms with E-state index in [-0.39, 0.29) is 42.4 Å². The zero-order valence-electron chi connectivity index (χ0n) is 4.79. The third-order valence-corrected chi connectivity index (χ3v) is 9.90. The molecule has 0 bridgehead atoms. The minimum atomic E-state index is -0.648. The fourth-order valence-corrected chi connectivity index (χ4v) is 6.55. The molecule has 58 valence electrons. The summed E-state index contributed by atoms with van der Waals surface area (Å²) >= 11 is -0.244. The number of ether oxygens (including phenoxy) is 1. The molecule has 3 nitrogen and oxygen atoms in total. The molecule has 0 aromatic carbocycles. The summed E-state index contributed by atoms with van der Waals surface area (Å²) in [5, 5.41) is 17.9. The van der Waals surface area contributed by atoms with Gasteiger partial charge in [0.1, 0.15) is 0 Å². The molecule has 0 aromatic rings. The number of rotatable bonds is 1. The number of hydrogen-bond donors (Lipinski definition) is 2. The monoisotopic (exact) mass is 358 g/mol. The van der Waals surface area contributed by atoms with E-state index in [0.29, 0.717) is 1.93 Å². The van der Waals surface area contributed by atoms with E-state index in [0.717, 1.165) is 0 Å². The van der Waals surface area contributed by atoms with E-state index < -0.39 is 10.6 Å². The maximum atomic E-state index is 9.03. The van der Waals surface area contributed by atoms with Crippen LogP contribution >= 0.6 is 0 Å². The van der Waals surface area contributed by atoms with E-state index in [2.05, 4.69) is 4.93 Å². The van der Waals surface area contributed by atoms with Gasteiger partial charge in [-0.25, -0.2) is 0 Å². The molecule has 1 rings (SSSR count). The van der Waals surface area contributed by atoms with Crippen molar-refractivity contribution < 1.29 is 57.4 Å². The predicted octanol–water partition coefficient (Wildman–Crippen LogP) is -7.26. The molecule has 1 heterocycles. The standard InChI is InChI=1S/C4H8I2O3/c1-5-2-3(7)9-4(8)6-2/h2-4,7-8H,1H3/q-2. The summed E-state index contributed by atoms with van der Waals surface area (Å²) in [6.07, 6.45) is -0.648. The van der Waals surface area contributed by atoms with Crippen molar-refractivity contribution in [3.05, 3.63) is 0 Å². The van der Waals surface area contributed by atoms with Crippen LogP contribution in [-0.4, -0.2) is 27.7 Å². The molecule has 1 saturated heterocycles. The third kappa shape index (κ3) is 2.14. The number of alkyl halides is 4. The molecule has 0 radical (unpaired) electrons. The van der Waals surface area contributed by atoms with Gasteiger partial charge in [0.2, 0.25) is 0 Å². The minimum absolute atomic E-state index is 0.0504. The van der Waals surface area contributed by atoms with E-state index in [4.69, 9.17) is 14.9 Å². The summed E-state index contributed by atoms with van der Waals surface area (Å²) in [5.41, 5.74) is 0. The summed E-state index contributed by atoms with van der Waals surface area (Å²) in [4.78, 5) is 2.11. The van der Waals surface area contributed by atoms with E-state index in [9.17, 15) is 0 Å². The molecule has 0 saturated carbocycles. The molecule has 0 aromatic heterocycles. The van der Waals surface area contributed by atoms with Gasteiger partial charge in [-0.3, -0.25) is 0 Å². The van der Waals surface area contributed by atoms with Crippen molar-refractivity contribution in [1.29, 1.82) is 0 Å². The number of aliphatic hydroxyl groups is 2. The first-order valence-electron chi connectivity index (χ1n) is 2.35. The van der Waals surface area contributed by atoms with Gasteiger partial charge in [-0.05, 0) is 0 Å². The summed E-state index contributed by atoms with van der Waals surface area (Å²) in [6, 6.07) is 0. The first kappa shape index (κ1) is 8.44. The molecule has 5 heteroatoms. The quantitative estimate of drug-likeness (QED) is 0.362. The molecule has 3 atom stereocenters. The predicted molar refractivity (Wildman–Crippen MR) is 22.8 cm³/mol. The van der Waals surface area contributed by atoms with Crippen molar-refractivity contribution in [2.24, 2.45) is 0 Å². The number of halogens is 2. The average Bonchev–Trinajstić information content (AvgIpc) is 2.10. The van der Waals surface area contributed by atoms with E-state index in [1.807, 2.05) is 0 Å². The van der Waals surface area contributed by atoms with Crippen LogP contribution in [-0.2, 0) is 4.74 Å². The number of hydrogen-bond acceptors (Lipinski definition) is 3. The summed E-state index contributed by atoms with van der Waals surface area (Å²) in [5.74, 6) is 0. The molecule has 9 heavy (non-hydrogen) atoms. The van der Waals surface area contributed by atoms with Crippen LogP contribution in [0, 0.1) is 0 Å². The van der Waals surface area contributed by atoms with E-state index in [1.54, 1.807) is 0 Å². The van der Waals surface area contributed by atoms with E-state index >= 15 is 0 Å². The fraction of sp³-hybridized carbons (Fsp3) is 1.00. The van der Waals surface area contributed by atoms with Crippen LogP contribution in [0.3, 0.4) is 0 Å². The molecule has 0 amide bonds. The Kier molecular flexibility index (Phi) is 3.42. The van der Waals surface area contributed by atoms with Crippen molar-refractivity contribution in [1.82, 2.24) is 0 Å². The second kappa shape index (κ2) is 3.65. The molecule has 3 unspecified atom stereocenters. The Balaban J connectivity index is 2.38. The molecule has 0 aliphatic carbocycles. The van der Waals surface area contributed by atoms with Crippen LogP contribution in [0.4, 0.5) is 0 Å².